The molecular formula is C12H18FNO. The van der Waals surface area contributed by atoms with Crippen molar-refractivity contribution in [2.75, 3.05) is 6.54 Å². The highest BCUT2D eigenvalue weighted by Gasteiger charge is 2.24. The highest BCUT2D eigenvalue weighted by atomic mass is 19.1. The van der Waals surface area contributed by atoms with Crippen LogP contribution in [0.3, 0.4) is 0 Å². The zero-order chi connectivity index (χ0) is 11.5. The van der Waals surface area contributed by atoms with E-state index in [0.717, 1.165) is 0 Å². The summed E-state index contributed by atoms with van der Waals surface area (Å²) in [4.78, 5) is 0. The van der Waals surface area contributed by atoms with Crippen molar-refractivity contribution in [1.82, 2.24) is 0 Å². The molecule has 0 heterocycles. The Bertz CT molecular complexity index is 323. The van der Waals surface area contributed by atoms with Crippen LogP contribution < -0.4 is 10.5 Å². The summed E-state index contributed by atoms with van der Waals surface area (Å²) in [6.07, 6.45) is 0.0870. The zero-order valence-electron chi connectivity index (χ0n) is 9.46. The Morgan fingerprint density at radius 2 is 2.13 bits per heavy atom. The Morgan fingerprint density at radius 3 is 2.67 bits per heavy atom. The first-order valence-electron chi connectivity index (χ1n) is 5.12. The Kier molecular flexibility index (Phi) is 3.69. The number of nitrogens with two attached hydrogens (primary N) is 1. The minimum atomic E-state index is -1.49. The summed E-state index contributed by atoms with van der Waals surface area (Å²) in [6.45, 7) is 5.31. The topological polar surface area (TPSA) is 35.2 Å². The number of alkyl halides is 1. The predicted octanol–water partition coefficient (Wildman–Crippen LogP) is 2.62. The Hall–Kier alpha value is -1.09. The lowest BCUT2D eigenvalue weighted by Gasteiger charge is -2.19. The van der Waals surface area contributed by atoms with Crippen molar-refractivity contribution in [2.24, 2.45) is 5.73 Å². The molecule has 2 nitrogen and oxygen atoms in total. The van der Waals surface area contributed by atoms with Gasteiger partial charge in [0.1, 0.15) is 11.4 Å². The molecule has 0 saturated heterocycles. The lowest BCUT2D eigenvalue weighted by atomic mass is 9.98. The molecule has 0 bridgehead atoms. The van der Waals surface area contributed by atoms with E-state index in [4.69, 9.17) is 10.5 Å². The molecule has 0 aromatic heterocycles. The van der Waals surface area contributed by atoms with Crippen molar-refractivity contribution in [2.45, 2.75) is 32.5 Å². The summed E-state index contributed by atoms with van der Waals surface area (Å²) >= 11 is 0. The van der Waals surface area contributed by atoms with Crippen molar-refractivity contribution >= 4 is 0 Å². The van der Waals surface area contributed by atoms with Gasteiger partial charge in [-0.2, -0.15) is 0 Å². The van der Waals surface area contributed by atoms with Gasteiger partial charge in [-0.1, -0.05) is 12.1 Å². The number of ether oxygens (including phenoxy) is 1. The number of hydrogen-bond donors (Lipinski definition) is 1. The molecule has 1 aromatic carbocycles. The van der Waals surface area contributed by atoms with E-state index in [0.29, 0.717) is 11.3 Å². The predicted molar refractivity (Wildman–Crippen MR) is 59.7 cm³/mol. The molecule has 0 aliphatic heterocycles. The summed E-state index contributed by atoms with van der Waals surface area (Å²) in [6, 6.07) is 7.02. The van der Waals surface area contributed by atoms with Crippen LogP contribution in [0.15, 0.2) is 24.3 Å². The fourth-order valence-corrected chi connectivity index (χ4v) is 1.28. The fraction of sp³-hybridized carbons (Fsp3) is 0.500. The van der Waals surface area contributed by atoms with Gasteiger partial charge in [0, 0.05) is 6.54 Å². The molecule has 0 aliphatic carbocycles. The minimum absolute atomic E-state index is 0.0296. The third kappa shape index (κ3) is 3.20. The van der Waals surface area contributed by atoms with Gasteiger partial charge < -0.3 is 10.5 Å². The van der Waals surface area contributed by atoms with E-state index in [9.17, 15) is 4.39 Å². The third-order valence-corrected chi connectivity index (χ3v) is 2.19. The molecule has 0 spiro atoms. The number of halogens is 1. The maximum atomic E-state index is 13.9. The van der Waals surface area contributed by atoms with Crippen LogP contribution in [0.25, 0.3) is 0 Å². The number of rotatable bonds is 4. The van der Waals surface area contributed by atoms with E-state index in [1.807, 2.05) is 19.9 Å². The van der Waals surface area contributed by atoms with Crippen LogP contribution >= 0.6 is 0 Å². The quantitative estimate of drug-likeness (QED) is 0.830. The Balaban J connectivity index is 2.92. The summed E-state index contributed by atoms with van der Waals surface area (Å²) in [5.41, 5.74) is 4.44. The van der Waals surface area contributed by atoms with Crippen LogP contribution in [0.4, 0.5) is 4.39 Å². The summed E-state index contributed by atoms with van der Waals surface area (Å²) < 4.78 is 19.4. The lowest BCUT2D eigenvalue weighted by molar-refractivity contribution is 0.200. The third-order valence-electron chi connectivity index (χ3n) is 2.19. The first kappa shape index (κ1) is 12.0. The largest absolute Gasteiger partial charge is 0.491 e. The van der Waals surface area contributed by atoms with Gasteiger partial charge >= 0.3 is 0 Å². The van der Waals surface area contributed by atoms with Gasteiger partial charge in [0.05, 0.1) is 6.10 Å². The van der Waals surface area contributed by atoms with E-state index in [1.165, 1.54) is 6.92 Å². The Labute approximate surface area is 90.2 Å². The van der Waals surface area contributed by atoms with Crippen LogP contribution in [0, 0.1) is 0 Å². The minimum Gasteiger partial charge on any atom is -0.491 e. The monoisotopic (exact) mass is 211 g/mol. The summed E-state index contributed by atoms with van der Waals surface area (Å²) in [5, 5.41) is 0. The fourth-order valence-electron chi connectivity index (χ4n) is 1.28. The molecule has 1 unspecified atom stereocenters. The summed E-state index contributed by atoms with van der Waals surface area (Å²) in [7, 11) is 0. The average Bonchev–Trinajstić information content (AvgIpc) is 2.17. The molecule has 0 radical (unpaired) electrons. The van der Waals surface area contributed by atoms with Crippen LogP contribution in [0.1, 0.15) is 26.3 Å². The zero-order valence-corrected chi connectivity index (χ0v) is 9.46. The van der Waals surface area contributed by atoms with E-state index < -0.39 is 5.67 Å². The lowest BCUT2D eigenvalue weighted by Crippen LogP contribution is -2.26. The van der Waals surface area contributed by atoms with E-state index in [-0.39, 0.29) is 12.6 Å². The molecule has 1 aromatic rings. The molecule has 1 atom stereocenters. The molecule has 0 fully saturated rings. The molecule has 2 N–H and O–H groups in total. The van der Waals surface area contributed by atoms with Gasteiger partial charge in [0.25, 0.3) is 0 Å². The SMILES string of the molecule is CC(C)Oc1cccc(C(C)(F)CN)c1. The second-order valence-electron chi connectivity index (χ2n) is 4.10. The molecule has 0 saturated carbocycles. The van der Waals surface area contributed by atoms with E-state index in [1.54, 1.807) is 18.2 Å². The summed E-state index contributed by atoms with van der Waals surface area (Å²) in [5.74, 6) is 0.680. The first-order valence-corrected chi connectivity index (χ1v) is 5.12. The molecular weight excluding hydrogens is 193 g/mol. The van der Waals surface area contributed by atoms with Gasteiger partial charge in [0.15, 0.2) is 0 Å². The normalized spacial score (nSPS) is 15.1. The van der Waals surface area contributed by atoms with Gasteiger partial charge in [0.2, 0.25) is 0 Å². The van der Waals surface area contributed by atoms with Gasteiger partial charge in [-0.05, 0) is 38.5 Å². The highest BCUT2D eigenvalue weighted by molar-refractivity contribution is 5.32. The molecule has 3 heteroatoms. The molecule has 1 rings (SSSR count). The maximum Gasteiger partial charge on any atom is 0.145 e. The maximum absolute atomic E-state index is 13.9. The molecule has 0 amide bonds. The van der Waals surface area contributed by atoms with Crippen LogP contribution in [0.5, 0.6) is 5.75 Å². The van der Waals surface area contributed by atoms with Crippen molar-refractivity contribution < 1.29 is 9.13 Å². The average molecular weight is 211 g/mol. The standard InChI is InChI=1S/C12H18FNO/c1-9(2)15-11-6-4-5-10(7-11)12(3,13)8-14/h4-7,9H,8,14H2,1-3H3. The van der Waals surface area contributed by atoms with Crippen LogP contribution in [0.2, 0.25) is 0 Å². The second kappa shape index (κ2) is 4.62. The van der Waals surface area contributed by atoms with Crippen molar-refractivity contribution in [3.05, 3.63) is 29.8 Å². The van der Waals surface area contributed by atoms with E-state index >= 15 is 0 Å². The van der Waals surface area contributed by atoms with Crippen LogP contribution in [-0.2, 0) is 5.67 Å². The molecule has 15 heavy (non-hydrogen) atoms. The van der Waals surface area contributed by atoms with E-state index in [2.05, 4.69) is 0 Å². The van der Waals surface area contributed by atoms with Crippen molar-refractivity contribution in [3.8, 4) is 5.75 Å². The Morgan fingerprint density at radius 1 is 1.47 bits per heavy atom. The number of hydrogen-bond acceptors (Lipinski definition) is 2. The second-order valence-corrected chi connectivity index (χ2v) is 4.10. The highest BCUT2D eigenvalue weighted by Crippen LogP contribution is 2.27. The smallest absolute Gasteiger partial charge is 0.145 e. The van der Waals surface area contributed by atoms with Crippen molar-refractivity contribution in [3.63, 3.8) is 0 Å². The van der Waals surface area contributed by atoms with Gasteiger partial charge in [-0.15, -0.1) is 0 Å². The number of benzene rings is 1. The molecule has 0 aliphatic rings. The van der Waals surface area contributed by atoms with Gasteiger partial charge in [-0.25, -0.2) is 4.39 Å². The van der Waals surface area contributed by atoms with Crippen molar-refractivity contribution in [1.29, 1.82) is 0 Å². The first-order chi connectivity index (χ1) is 6.95. The van der Waals surface area contributed by atoms with Gasteiger partial charge in [-0.3, -0.25) is 0 Å². The van der Waals surface area contributed by atoms with Crippen LogP contribution in [-0.4, -0.2) is 12.6 Å². The molecule has 84 valence electrons.